The molecular weight excluding hydrogens is 410 g/mol. The molecule has 0 fully saturated rings. The van der Waals surface area contributed by atoms with E-state index in [9.17, 15) is 0 Å². The number of hydrogen-bond donors (Lipinski definition) is 0. The number of rotatable bonds is 17. The first-order valence-electron chi connectivity index (χ1n) is 15.9. The summed E-state index contributed by atoms with van der Waals surface area (Å²) in [7, 11) is 43.5. The van der Waals surface area contributed by atoms with E-state index in [-0.39, 0.29) is 0 Å². The molecule has 0 rings (SSSR count). The molecule has 0 radical (unpaired) electrons. The van der Waals surface area contributed by atoms with Crippen LogP contribution < -0.4 is 0 Å². The molecule has 36 heavy (non-hydrogen) atoms. The van der Waals surface area contributed by atoms with Crippen LogP contribution in [0.1, 0.15) is 0 Å². The molecule has 0 saturated heterocycles. The molecule has 36 heteroatoms. The molecule has 0 saturated carbocycles. The first-order valence-corrected chi connectivity index (χ1v) is 16.4. The summed E-state index contributed by atoms with van der Waals surface area (Å²) in [6.45, 7) is 0. The van der Waals surface area contributed by atoms with Gasteiger partial charge in [0, 0.05) is 0 Å². The topological polar surface area (TPSA) is 0 Å². The van der Waals surface area contributed by atoms with Crippen LogP contribution in [0, 0.1) is 0 Å². The first kappa shape index (κ1) is 38.5. The van der Waals surface area contributed by atoms with Crippen molar-refractivity contribution in [1.82, 2.24) is 0 Å². The minimum atomic E-state index is 0.472. The van der Waals surface area contributed by atoms with E-state index in [4.69, 9.17) is 12.1 Å². The summed E-state index contributed by atoms with van der Waals surface area (Å²) in [5.41, 5.74) is 0. The average Bonchev–Trinajstić information content (AvgIpc) is 2.69. The standard InChI is InChI=1S/B35H35S/c1-18-28(20(2)3)33(27(16)17)35(32(25(12)13)26(14)15)29(19-36)34(30(21(4)5)22(6)7)31(23(8)9)24(10)11/h18H,1-17H2. The van der Waals surface area contributed by atoms with Crippen LogP contribution in [0.15, 0.2) is 0 Å². The molecule has 0 aromatic rings. The Morgan fingerprint density at radius 2 is 0.639 bits per heavy atom. The van der Waals surface area contributed by atoms with Gasteiger partial charge < -0.3 is 0 Å². The first-order chi connectivity index (χ1) is 16.5. The van der Waals surface area contributed by atoms with Crippen molar-refractivity contribution >= 4 is 259 Å². The fourth-order valence-corrected chi connectivity index (χ4v) is 9.73. The quantitative estimate of drug-likeness (QED) is 0.200. The maximum atomic E-state index is 6.17. The second-order valence-electron chi connectivity index (χ2n) is 15.2. The Kier molecular flexibility index (Phi) is 19.4. The van der Waals surface area contributed by atoms with Gasteiger partial charge in [-0.2, -0.15) is 0 Å². The summed E-state index contributed by atoms with van der Waals surface area (Å²) in [5, 5.41) is 0. The van der Waals surface area contributed by atoms with Crippen LogP contribution in [-0.4, -0.2) is 247 Å². The van der Waals surface area contributed by atoms with E-state index in [0.29, 0.717) is 95.8 Å². The fraction of sp³-hybridized carbons (Fsp3) is 0. The third kappa shape index (κ3) is 10.4. The van der Waals surface area contributed by atoms with Crippen LogP contribution in [0.4, 0.5) is 0 Å². The molecule has 0 nitrogen and oxygen atoms in total. The normalized spacial score (nSPS) is 9.33. The van der Waals surface area contributed by atoms with Gasteiger partial charge in [0.25, 0.3) is 0 Å². The van der Waals surface area contributed by atoms with Crippen molar-refractivity contribution < 1.29 is 0 Å². The Morgan fingerprint density at radius 1 is 0.389 bits per heavy atom. The molecule has 0 aliphatic heterocycles. The molecule has 0 heterocycles. The van der Waals surface area contributed by atoms with Gasteiger partial charge in [-0.25, -0.2) is 0 Å². The third-order valence-corrected chi connectivity index (χ3v) is 10.3. The van der Waals surface area contributed by atoms with Crippen LogP contribution in [0.5, 0.6) is 0 Å². The molecule has 146 valence electrons. The van der Waals surface area contributed by atoms with Crippen molar-refractivity contribution in [2.75, 3.05) is 0 Å². The minimum absolute atomic E-state index is 0.472. The van der Waals surface area contributed by atoms with Gasteiger partial charge in [-0.1, -0.05) is 0 Å². The summed E-state index contributed by atoms with van der Waals surface area (Å²) in [5.74, 6) is 0. The summed E-state index contributed by atoms with van der Waals surface area (Å²) in [6, 6.07) is 2.31. The molecule has 0 aliphatic rings. The van der Waals surface area contributed by atoms with Crippen molar-refractivity contribution in [2.24, 2.45) is 0 Å². The fourth-order valence-electron chi connectivity index (χ4n) is 9.37. The average molecular weight is 446 g/mol. The summed E-state index contributed by atoms with van der Waals surface area (Å²) >= 11 is 6.17. The van der Waals surface area contributed by atoms with Gasteiger partial charge in [-0.3, -0.25) is 0 Å². The van der Waals surface area contributed by atoms with E-state index in [0.717, 1.165) is 6.39 Å². The molecule has 0 unspecified atom stereocenters. The molecule has 0 atom stereocenters. The molecule has 0 spiro atoms. The van der Waals surface area contributed by atoms with E-state index in [1.165, 1.54) is 7.06 Å². The zero-order valence-electron chi connectivity index (χ0n) is 27.9. The van der Waals surface area contributed by atoms with Gasteiger partial charge in [-0.15, -0.1) is 0 Å². The van der Waals surface area contributed by atoms with Crippen molar-refractivity contribution in [3.63, 3.8) is 0 Å². The molecule has 0 aromatic heterocycles. The molecule has 0 aromatic carbocycles. The number of hydrogen-bond acceptors (Lipinski definition) is 1. The SMILES string of the molecule is BBB(B(B)B)B(B(B)B)B(B(B=S)B(B(B(B)B)B(B)B)B(B(B)B)B(B)B)B(B(B)B)B(B)B. The monoisotopic (exact) mass is 453 g/mol. The van der Waals surface area contributed by atoms with E-state index >= 15 is 0 Å². The third-order valence-electron chi connectivity index (χ3n) is 10.0. The Hall–Kier alpha value is 2.49. The van der Waals surface area contributed by atoms with E-state index in [2.05, 4.69) is 138 Å². The van der Waals surface area contributed by atoms with Gasteiger partial charge >= 0.3 is 259 Å². The van der Waals surface area contributed by atoms with Gasteiger partial charge in [0.15, 0.2) is 0 Å². The second kappa shape index (κ2) is 18.1. The van der Waals surface area contributed by atoms with Crippen LogP contribution >= 0.6 is 12.1 Å². The van der Waals surface area contributed by atoms with Crippen molar-refractivity contribution in [3.05, 3.63) is 0 Å². The second-order valence-corrected chi connectivity index (χ2v) is 15.5. The summed E-state index contributed by atoms with van der Waals surface area (Å²) in [4.78, 5) is 0. The van der Waals surface area contributed by atoms with Crippen LogP contribution in [0.2, 0.25) is 0 Å². The van der Waals surface area contributed by atoms with Gasteiger partial charge in [0.1, 0.15) is 0 Å². The Bertz CT molecular complexity index is 537. The van der Waals surface area contributed by atoms with Gasteiger partial charge in [0.2, 0.25) is 0 Å². The molecule has 0 N–H and O–H groups in total. The van der Waals surface area contributed by atoms with E-state index < -0.39 is 0 Å². The molecular formula is H35B35S. The van der Waals surface area contributed by atoms with Crippen molar-refractivity contribution in [3.8, 4) is 0 Å². The van der Waals surface area contributed by atoms with Crippen molar-refractivity contribution in [2.45, 2.75) is 0 Å². The molecule has 0 aliphatic carbocycles. The van der Waals surface area contributed by atoms with Crippen LogP contribution in [-0.2, 0) is 0 Å². The molecule has 0 amide bonds. The van der Waals surface area contributed by atoms with Gasteiger partial charge in [0.05, 0.1) is 0 Å². The van der Waals surface area contributed by atoms with Crippen LogP contribution in [0.25, 0.3) is 0 Å². The predicted molar refractivity (Wildman–Crippen MR) is 258 cm³/mol. The van der Waals surface area contributed by atoms with Crippen LogP contribution in [0.3, 0.4) is 0 Å². The maximum absolute atomic E-state index is 6.17. The molecule has 0 bridgehead atoms. The summed E-state index contributed by atoms with van der Waals surface area (Å²) < 4.78 is 0. The summed E-state index contributed by atoms with van der Waals surface area (Å²) in [6.07, 6.45) is 10.5. The van der Waals surface area contributed by atoms with E-state index in [1.807, 2.05) is 0 Å². The Balaban J connectivity index is 7.58. The van der Waals surface area contributed by atoms with Crippen molar-refractivity contribution in [1.29, 1.82) is 0 Å². The predicted octanol–water partition coefficient (Wildman–Crippen LogP) is -22.0. The van der Waals surface area contributed by atoms with E-state index in [1.54, 1.807) is 0 Å². The zero-order chi connectivity index (χ0) is 28.7. The zero-order valence-corrected chi connectivity index (χ0v) is 28.7. The Morgan fingerprint density at radius 3 is 0.806 bits per heavy atom. The van der Waals surface area contributed by atoms with Gasteiger partial charge in [-0.05, 0) is 0 Å². The Labute approximate surface area is 257 Å².